The third kappa shape index (κ3) is 23.3. The lowest BCUT2D eigenvalue weighted by Crippen LogP contribution is -2.54. The van der Waals surface area contributed by atoms with Crippen molar-refractivity contribution in [1.29, 1.82) is 0 Å². The van der Waals surface area contributed by atoms with Gasteiger partial charge in [-0.2, -0.15) is 0 Å². The number of anilines is 1. The molecule has 1 saturated heterocycles. The molecule has 3 rings (SSSR count). The summed E-state index contributed by atoms with van der Waals surface area (Å²) in [5.41, 5.74) is 2.07. The minimum absolute atomic E-state index is 0.262. The fourth-order valence-corrected chi connectivity index (χ4v) is 3.60. The lowest BCUT2D eigenvalue weighted by molar-refractivity contribution is 0.146. The van der Waals surface area contributed by atoms with Gasteiger partial charge in [-0.25, -0.2) is 4.39 Å². The van der Waals surface area contributed by atoms with Crippen molar-refractivity contribution in [2.24, 2.45) is 5.92 Å². The van der Waals surface area contributed by atoms with E-state index in [1.807, 2.05) is 53.7 Å². The Kier molecular flexibility index (Phi) is 33.2. The number of benzene rings is 2. The number of nitrogens with zero attached hydrogens (tertiary/aromatic N) is 1. The fourth-order valence-electron chi connectivity index (χ4n) is 3.60. The molecule has 0 radical (unpaired) electrons. The highest BCUT2D eigenvalue weighted by Gasteiger charge is 2.35. The van der Waals surface area contributed by atoms with Crippen molar-refractivity contribution < 1.29 is 14.2 Å². The number of ether oxygens (including phenoxy) is 1. The van der Waals surface area contributed by atoms with Crippen LogP contribution < -0.4 is 4.90 Å². The molecule has 3 unspecified atom stereocenters. The van der Waals surface area contributed by atoms with Crippen LogP contribution in [0.25, 0.3) is 0 Å². The summed E-state index contributed by atoms with van der Waals surface area (Å²) in [7, 11) is 0. The van der Waals surface area contributed by atoms with E-state index in [2.05, 4.69) is 84.8 Å². The Morgan fingerprint density at radius 2 is 1.56 bits per heavy atom. The lowest BCUT2D eigenvalue weighted by atomic mass is 9.84. The van der Waals surface area contributed by atoms with Crippen molar-refractivity contribution in [3.8, 4) is 0 Å². The van der Waals surface area contributed by atoms with Crippen molar-refractivity contribution in [2.45, 2.75) is 86.8 Å². The highest BCUT2D eigenvalue weighted by atomic mass is 79.9. The van der Waals surface area contributed by atoms with E-state index < -0.39 is 6.10 Å². The monoisotopic (exact) mass is 659 g/mol. The molecule has 0 amide bonds. The summed E-state index contributed by atoms with van der Waals surface area (Å²) in [5.74, 6) is 0.345. The Bertz CT molecular complexity index is 967. The Morgan fingerprint density at radius 3 is 1.91 bits per heavy atom. The first-order chi connectivity index (χ1) is 20.7. The van der Waals surface area contributed by atoms with Crippen molar-refractivity contribution in [3.05, 3.63) is 127 Å². The van der Waals surface area contributed by atoms with E-state index in [4.69, 9.17) is 4.74 Å². The van der Waals surface area contributed by atoms with Crippen molar-refractivity contribution in [2.75, 3.05) is 18.1 Å². The van der Waals surface area contributed by atoms with E-state index in [1.54, 1.807) is 36.6 Å². The zero-order chi connectivity index (χ0) is 33.5. The van der Waals surface area contributed by atoms with Gasteiger partial charge in [0.05, 0.1) is 19.0 Å². The fraction of sp³-hybridized carbons (Fsp3) is 0.421. The number of aliphatic hydroxyl groups is 1. The molecule has 242 valence electrons. The third-order valence-corrected chi connectivity index (χ3v) is 6.99. The van der Waals surface area contributed by atoms with Crippen LogP contribution in [0.4, 0.5) is 10.1 Å². The predicted octanol–water partition coefficient (Wildman–Crippen LogP) is 12.0. The molecular formula is C38H59BrFNO2. The van der Waals surface area contributed by atoms with Crippen LogP contribution in [-0.4, -0.2) is 24.3 Å². The Morgan fingerprint density at radius 1 is 1.02 bits per heavy atom. The second kappa shape index (κ2) is 32.0. The minimum Gasteiger partial charge on any atom is -0.502 e. The Balaban J connectivity index is -0.000000626. The van der Waals surface area contributed by atoms with Crippen molar-refractivity contribution >= 4 is 21.6 Å². The summed E-state index contributed by atoms with van der Waals surface area (Å²) in [4.78, 5) is 2.40. The van der Waals surface area contributed by atoms with Gasteiger partial charge in [0, 0.05) is 18.3 Å². The molecule has 1 heterocycles. The summed E-state index contributed by atoms with van der Waals surface area (Å²) >= 11 is 3.34. The van der Waals surface area contributed by atoms with Gasteiger partial charge in [0.2, 0.25) is 0 Å². The molecule has 5 heteroatoms. The molecule has 1 N–H and O–H groups in total. The number of para-hydroxylation sites is 1. The van der Waals surface area contributed by atoms with E-state index >= 15 is 0 Å². The molecule has 0 bridgehead atoms. The van der Waals surface area contributed by atoms with Crippen LogP contribution in [0.3, 0.4) is 0 Å². The molecule has 43 heavy (non-hydrogen) atoms. The smallest absolute Gasteiger partial charge is 0.123 e. The molecule has 1 aliphatic rings. The molecule has 0 aliphatic carbocycles. The van der Waals surface area contributed by atoms with E-state index in [0.29, 0.717) is 12.0 Å². The molecule has 0 saturated carbocycles. The topological polar surface area (TPSA) is 32.7 Å². The number of hydrogen-bond donors (Lipinski definition) is 1. The Labute approximate surface area is 272 Å². The maximum atomic E-state index is 12.9. The number of allylic oxidation sites excluding steroid dienone is 6. The summed E-state index contributed by atoms with van der Waals surface area (Å²) in [5, 5.41) is 10.2. The van der Waals surface area contributed by atoms with E-state index in [-0.39, 0.29) is 5.82 Å². The molecule has 1 aliphatic heterocycles. The second-order valence-electron chi connectivity index (χ2n) is 9.03. The van der Waals surface area contributed by atoms with Gasteiger partial charge in [-0.3, -0.25) is 0 Å². The molecular weight excluding hydrogens is 601 g/mol. The standard InChI is InChI=1S/C19H22FNO.C5H9Br.C5H10O.C4H6.C3H6.C2H6/c1-14-16(13-21(14)18-5-3-2-4-6-18)9-12-19(22)15-7-10-17(20)11-8-15;1-3-5(6)4-2;1-3-5-6-4-2;1-3-4-2;1-3-2;1-2/h2-8,10-11,14,16,19,22H,9,12-13H2,1H3;3H,4H2,1-2H3;3,5H,4H2,1-2H3;3-4H,1-2H2;3H,1H2,2H3;1-2H3/b;2*5-3+;;;. The number of rotatable bonds is 9. The summed E-state index contributed by atoms with van der Waals surface area (Å²) < 4.78 is 19.0. The van der Waals surface area contributed by atoms with Gasteiger partial charge in [0.25, 0.3) is 0 Å². The van der Waals surface area contributed by atoms with Crippen LogP contribution in [0.2, 0.25) is 0 Å². The summed E-state index contributed by atoms with van der Waals surface area (Å²) in [6.45, 7) is 28.0. The zero-order valence-corrected chi connectivity index (χ0v) is 29.7. The van der Waals surface area contributed by atoms with E-state index in [9.17, 15) is 9.50 Å². The summed E-state index contributed by atoms with van der Waals surface area (Å²) in [6.07, 6.45) is 12.9. The average molecular weight is 661 g/mol. The van der Waals surface area contributed by atoms with Crippen molar-refractivity contribution in [3.63, 3.8) is 0 Å². The van der Waals surface area contributed by atoms with E-state index in [1.165, 1.54) is 22.3 Å². The van der Waals surface area contributed by atoms with Gasteiger partial charge in [0.15, 0.2) is 0 Å². The molecule has 2 aromatic carbocycles. The molecule has 1 fully saturated rings. The lowest BCUT2D eigenvalue weighted by Gasteiger charge is -2.48. The van der Waals surface area contributed by atoms with Crippen LogP contribution in [-0.2, 0) is 4.74 Å². The SMILES string of the molecule is C/C=C(/Br)CC.C/C=C/OCC.C=CC.C=CC=C.CC.CC1C(CCC(O)c2ccc(F)cc2)CN1c1ccccc1. The first kappa shape index (κ1) is 44.5. The zero-order valence-electron chi connectivity index (χ0n) is 28.1. The average Bonchev–Trinajstić information content (AvgIpc) is 3.05. The number of aliphatic hydroxyl groups excluding tert-OH is 1. The normalized spacial score (nSPS) is 15.3. The van der Waals surface area contributed by atoms with Crippen LogP contribution >= 0.6 is 15.9 Å². The van der Waals surface area contributed by atoms with Gasteiger partial charge in [-0.05, 0) is 94.1 Å². The minimum atomic E-state index is -0.501. The Hall–Kier alpha value is -2.89. The maximum Gasteiger partial charge on any atom is 0.123 e. The van der Waals surface area contributed by atoms with Gasteiger partial charge in [-0.15, -0.1) is 6.58 Å². The van der Waals surface area contributed by atoms with Crippen LogP contribution in [0, 0.1) is 11.7 Å². The predicted molar refractivity (Wildman–Crippen MR) is 194 cm³/mol. The van der Waals surface area contributed by atoms with Gasteiger partial charge in [0.1, 0.15) is 5.82 Å². The molecule has 2 aromatic rings. The molecule has 0 spiro atoms. The number of hydrogen-bond acceptors (Lipinski definition) is 3. The van der Waals surface area contributed by atoms with Gasteiger partial charge in [-0.1, -0.05) is 111 Å². The molecule has 3 nitrogen and oxygen atoms in total. The van der Waals surface area contributed by atoms with E-state index in [0.717, 1.165) is 38.0 Å². The largest absolute Gasteiger partial charge is 0.502 e. The quantitative estimate of drug-likeness (QED) is 0.165. The first-order valence-corrected chi connectivity index (χ1v) is 16.1. The number of halogens is 2. The highest BCUT2D eigenvalue weighted by Crippen LogP contribution is 2.35. The van der Waals surface area contributed by atoms with Gasteiger partial charge < -0.3 is 14.7 Å². The third-order valence-electron chi connectivity index (χ3n) is 5.98. The second-order valence-corrected chi connectivity index (χ2v) is 10.0. The summed E-state index contributed by atoms with van der Waals surface area (Å²) in [6, 6.07) is 17.1. The highest BCUT2D eigenvalue weighted by molar-refractivity contribution is 9.11. The van der Waals surface area contributed by atoms with Crippen LogP contribution in [0.5, 0.6) is 0 Å². The van der Waals surface area contributed by atoms with Crippen LogP contribution in [0.1, 0.15) is 86.3 Å². The van der Waals surface area contributed by atoms with Crippen LogP contribution in [0.15, 0.2) is 115 Å². The molecule has 0 aromatic heterocycles. The first-order valence-electron chi connectivity index (χ1n) is 15.3. The maximum absolute atomic E-state index is 12.9. The van der Waals surface area contributed by atoms with Gasteiger partial charge >= 0.3 is 0 Å². The van der Waals surface area contributed by atoms with Crippen molar-refractivity contribution in [1.82, 2.24) is 0 Å². The molecule has 3 atom stereocenters.